The standard InChI is InChI=1S/C30H41IN2O7/c1-39-26-14-20(18-35)13-23(31)29(26)40-25-17-21(30(38)32-11-12-34)16-24(28(25)37)33(22-9-3-2-4-10-22)27(36)15-19-7-5-6-8-19/h13-14,17-19,22,24-25,28,34,37H,2-12,15-16H2,1H3,(H,32,38). The van der Waals surface area contributed by atoms with E-state index in [4.69, 9.17) is 9.47 Å². The summed E-state index contributed by atoms with van der Waals surface area (Å²) in [6.07, 6.45) is 10.3. The Morgan fingerprint density at radius 3 is 2.48 bits per heavy atom. The fourth-order valence-electron chi connectivity index (χ4n) is 6.39. The highest BCUT2D eigenvalue weighted by Crippen LogP contribution is 2.38. The van der Waals surface area contributed by atoms with Crippen molar-refractivity contribution in [2.24, 2.45) is 5.92 Å². The number of benzene rings is 1. The Balaban J connectivity index is 1.69. The van der Waals surface area contributed by atoms with Crippen LogP contribution >= 0.6 is 22.6 Å². The number of amides is 2. The van der Waals surface area contributed by atoms with Crippen molar-refractivity contribution in [3.63, 3.8) is 0 Å². The van der Waals surface area contributed by atoms with E-state index in [0.717, 1.165) is 64.1 Å². The summed E-state index contributed by atoms with van der Waals surface area (Å²) in [4.78, 5) is 40.4. The van der Waals surface area contributed by atoms with Gasteiger partial charge in [0.25, 0.3) is 0 Å². The summed E-state index contributed by atoms with van der Waals surface area (Å²) >= 11 is 2.05. The van der Waals surface area contributed by atoms with Gasteiger partial charge in [0.05, 0.1) is 23.3 Å². The van der Waals surface area contributed by atoms with Crippen LogP contribution in [0.3, 0.4) is 0 Å². The van der Waals surface area contributed by atoms with Crippen molar-refractivity contribution in [2.45, 2.75) is 94.9 Å². The number of nitrogens with one attached hydrogen (secondary N) is 1. The minimum Gasteiger partial charge on any atom is -0.493 e. The van der Waals surface area contributed by atoms with Crippen molar-refractivity contribution >= 4 is 40.7 Å². The van der Waals surface area contributed by atoms with Crippen molar-refractivity contribution in [3.05, 3.63) is 32.9 Å². The summed E-state index contributed by atoms with van der Waals surface area (Å²) in [5.41, 5.74) is 0.831. The van der Waals surface area contributed by atoms with Crippen LogP contribution in [0.15, 0.2) is 23.8 Å². The molecular weight excluding hydrogens is 627 g/mol. The van der Waals surface area contributed by atoms with Gasteiger partial charge in [0.1, 0.15) is 18.5 Å². The predicted octanol–water partition coefficient (Wildman–Crippen LogP) is 3.77. The SMILES string of the molecule is COc1cc(C=O)cc(I)c1OC1C=C(C(=O)NCCO)CC(N(C(=O)CC2CCCC2)C2CCCCC2)C1O. The average molecular weight is 669 g/mol. The Hall–Kier alpha value is -2.18. The van der Waals surface area contributed by atoms with Crippen LogP contribution in [0.1, 0.15) is 81.0 Å². The molecule has 4 rings (SSSR count). The Morgan fingerprint density at radius 2 is 1.82 bits per heavy atom. The summed E-state index contributed by atoms with van der Waals surface area (Å²) < 4.78 is 12.5. The van der Waals surface area contributed by atoms with Crippen molar-refractivity contribution in [3.8, 4) is 11.5 Å². The number of halogens is 1. The van der Waals surface area contributed by atoms with Crippen LogP contribution in [0.2, 0.25) is 0 Å². The quantitative estimate of drug-likeness (QED) is 0.242. The predicted molar refractivity (Wildman–Crippen MR) is 158 cm³/mol. The number of aldehydes is 1. The van der Waals surface area contributed by atoms with Crippen LogP contribution < -0.4 is 14.8 Å². The van der Waals surface area contributed by atoms with Crippen molar-refractivity contribution in [2.75, 3.05) is 20.3 Å². The van der Waals surface area contributed by atoms with Crippen LogP contribution in [-0.2, 0) is 9.59 Å². The van der Waals surface area contributed by atoms with Gasteiger partial charge in [-0.25, -0.2) is 0 Å². The number of aliphatic hydroxyl groups is 2. The second kappa shape index (κ2) is 14.6. The third-order valence-electron chi connectivity index (χ3n) is 8.41. The number of methoxy groups -OCH3 is 1. The lowest BCUT2D eigenvalue weighted by Crippen LogP contribution is -2.58. The zero-order valence-corrected chi connectivity index (χ0v) is 25.3. The fourth-order valence-corrected chi connectivity index (χ4v) is 7.14. The van der Waals surface area contributed by atoms with E-state index in [9.17, 15) is 24.6 Å². The lowest BCUT2D eigenvalue weighted by Gasteiger charge is -2.45. The van der Waals surface area contributed by atoms with Gasteiger partial charge in [0.15, 0.2) is 11.5 Å². The molecule has 0 saturated heterocycles. The van der Waals surface area contributed by atoms with E-state index in [-0.39, 0.29) is 37.4 Å². The van der Waals surface area contributed by atoms with Gasteiger partial charge in [-0.2, -0.15) is 0 Å². The Morgan fingerprint density at radius 1 is 1.12 bits per heavy atom. The maximum Gasteiger partial charge on any atom is 0.247 e. The zero-order chi connectivity index (χ0) is 28.6. The lowest BCUT2D eigenvalue weighted by atomic mass is 9.84. The molecule has 0 aromatic heterocycles. The molecule has 0 bridgehead atoms. The number of carbonyl (C=O) groups excluding carboxylic acids is 3. The average Bonchev–Trinajstić information content (AvgIpc) is 3.47. The molecule has 3 aliphatic rings. The van der Waals surface area contributed by atoms with Crippen LogP contribution in [0.5, 0.6) is 11.5 Å². The molecule has 3 unspecified atom stereocenters. The second-order valence-corrected chi connectivity index (χ2v) is 12.3. The first kappa shape index (κ1) is 30.8. The molecule has 3 atom stereocenters. The number of ether oxygens (including phenoxy) is 2. The van der Waals surface area contributed by atoms with Gasteiger partial charge < -0.3 is 29.9 Å². The first-order valence-electron chi connectivity index (χ1n) is 14.4. The van der Waals surface area contributed by atoms with E-state index in [1.807, 2.05) is 4.90 Å². The molecule has 9 nitrogen and oxygen atoms in total. The molecule has 0 aliphatic heterocycles. The van der Waals surface area contributed by atoms with Gasteiger partial charge in [-0.1, -0.05) is 32.1 Å². The Labute approximate surface area is 249 Å². The van der Waals surface area contributed by atoms with Gasteiger partial charge in [-0.3, -0.25) is 14.4 Å². The van der Waals surface area contributed by atoms with E-state index in [0.29, 0.717) is 38.5 Å². The molecule has 3 aliphatic carbocycles. The largest absolute Gasteiger partial charge is 0.493 e. The number of hydrogen-bond acceptors (Lipinski definition) is 7. The number of hydrogen-bond donors (Lipinski definition) is 3. The maximum absolute atomic E-state index is 13.9. The van der Waals surface area contributed by atoms with Crippen molar-refractivity contribution < 1.29 is 34.1 Å². The molecular formula is C30H41IN2O7. The third-order valence-corrected chi connectivity index (χ3v) is 9.21. The number of aliphatic hydroxyl groups excluding tert-OH is 2. The second-order valence-electron chi connectivity index (χ2n) is 11.1. The van der Waals surface area contributed by atoms with Crippen LogP contribution in [0.4, 0.5) is 0 Å². The highest BCUT2D eigenvalue weighted by molar-refractivity contribution is 14.1. The molecule has 1 aromatic rings. The molecule has 0 radical (unpaired) electrons. The fraction of sp³-hybridized carbons (Fsp3) is 0.633. The van der Waals surface area contributed by atoms with Crippen LogP contribution in [0, 0.1) is 9.49 Å². The zero-order valence-electron chi connectivity index (χ0n) is 23.1. The van der Waals surface area contributed by atoms with E-state index < -0.39 is 18.2 Å². The van der Waals surface area contributed by atoms with E-state index in [1.165, 1.54) is 7.11 Å². The van der Waals surface area contributed by atoms with Gasteiger partial charge >= 0.3 is 0 Å². The van der Waals surface area contributed by atoms with Gasteiger partial charge in [-0.05, 0) is 72.4 Å². The first-order valence-corrected chi connectivity index (χ1v) is 15.5. The minimum absolute atomic E-state index is 0.00403. The Kier molecular flexibility index (Phi) is 11.3. The first-order chi connectivity index (χ1) is 19.4. The van der Waals surface area contributed by atoms with Crippen LogP contribution in [0.25, 0.3) is 0 Å². The molecule has 2 fully saturated rings. The van der Waals surface area contributed by atoms with Crippen molar-refractivity contribution in [1.29, 1.82) is 0 Å². The summed E-state index contributed by atoms with van der Waals surface area (Å²) in [5, 5.41) is 23.8. The summed E-state index contributed by atoms with van der Waals surface area (Å²) in [7, 11) is 1.48. The van der Waals surface area contributed by atoms with Crippen LogP contribution in [-0.4, -0.2) is 77.8 Å². The van der Waals surface area contributed by atoms with Gasteiger partial charge in [0, 0.05) is 36.6 Å². The smallest absolute Gasteiger partial charge is 0.247 e. The molecule has 220 valence electrons. The van der Waals surface area contributed by atoms with E-state index in [2.05, 4.69) is 27.9 Å². The minimum atomic E-state index is -1.09. The van der Waals surface area contributed by atoms with Gasteiger partial charge in [-0.15, -0.1) is 0 Å². The van der Waals surface area contributed by atoms with Crippen molar-refractivity contribution in [1.82, 2.24) is 10.2 Å². The lowest BCUT2D eigenvalue weighted by molar-refractivity contribution is -0.144. The summed E-state index contributed by atoms with van der Waals surface area (Å²) in [6, 6.07) is 2.59. The molecule has 0 spiro atoms. The molecule has 0 heterocycles. The monoisotopic (exact) mass is 668 g/mol. The number of carbonyl (C=O) groups is 3. The van der Waals surface area contributed by atoms with E-state index in [1.54, 1.807) is 18.2 Å². The normalized spacial score (nSPS) is 23.8. The highest BCUT2D eigenvalue weighted by atomic mass is 127. The molecule has 2 saturated carbocycles. The molecule has 1 aromatic carbocycles. The number of rotatable bonds is 11. The molecule has 3 N–H and O–H groups in total. The molecule has 40 heavy (non-hydrogen) atoms. The maximum atomic E-state index is 13.9. The highest BCUT2D eigenvalue weighted by Gasteiger charge is 2.43. The summed E-state index contributed by atoms with van der Waals surface area (Å²) in [5.74, 6) is 0.734. The van der Waals surface area contributed by atoms with E-state index >= 15 is 0 Å². The molecule has 10 heteroatoms. The number of nitrogens with zero attached hydrogens (tertiary/aromatic N) is 1. The van der Waals surface area contributed by atoms with Gasteiger partial charge in [0.2, 0.25) is 11.8 Å². The molecule has 2 amide bonds. The summed E-state index contributed by atoms with van der Waals surface area (Å²) in [6.45, 7) is -0.0989. The Bertz CT molecular complexity index is 1080. The third kappa shape index (κ3) is 7.36. The topological polar surface area (TPSA) is 125 Å².